The highest BCUT2D eigenvalue weighted by Gasteiger charge is 2.06. The molecule has 0 spiro atoms. The number of aliphatic hydroxyl groups is 1. The molecular formula is C17H34O3. The van der Waals surface area contributed by atoms with Gasteiger partial charge in [-0.2, -0.15) is 0 Å². The molecule has 0 fully saturated rings. The second kappa shape index (κ2) is 14.8. The van der Waals surface area contributed by atoms with Gasteiger partial charge in [0.05, 0.1) is 6.10 Å². The van der Waals surface area contributed by atoms with Crippen LogP contribution < -0.4 is 0 Å². The number of rotatable bonds is 15. The third-order valence-corrected chi connectivity index (χ3v) is 3.83. The van der Waals surface area contributed by atoms with Gasteiger partial charge in [0.25, 0.3) is 0 Å². The van der Waals surface area contributed by atoms with Crippen LogP contribution in [-0.2, 0) is 4.79 Å². The van der Waals surface area contributed by atoms with Gasteiger partial charge in [0.2, 0.25) is 0 Å². The van der Waals surface area contributed by atoms with Gasteiger partial charge in [0.1, 0.15) is 0 Å². The molecule has 0 saturated carbocycles. The molecule has 120 valence electrons. The van der Waals surface area contributed by atoms with Gasteiger partial charge in [-0.25, -0.2) is 0 Å². The number of carbonyl (C=O) groups is 1. The van der Waals surface area contributed by atoms with E-state index in [0.717, 1.165) is 12.8 Å². The molecule has 0 aromatic carbocycles. The molecule has 0 heterocycles. The molecular weight excluding hydrogens is 252 g/mol. The second-order valence-corrected chi connectivity index (χ2v) is 5.91. The van der Waals surface area contributed by atoms with E-state index in [2.05, 4.69) is 6.92 Å². The van der Waals surface area contributed by atoms with Gasteiger partial charge >= 0.3 is 5.97 Å². The molecule has 0 aromatic heterocycles. The van der Waals surface area contributed by atoms with Gasteiger partial charge in [-0.05, 0) is 12.8 Å². The normalized spacial score (nSPS) is 12.5. The molecule has 0 aromatic rings. The lowest BCUT2D eigenvalue weighted by Gasteiger charge is -2.08. The Kier molecular flexibility index (Phi) is 14.4. The van der Waals surface area contributed by atoms with Gasteiger partial charge in [0, 0.05) is 6.42 Å². The van der Waals surface area contributed by atoms with Crippen LogP contribution in [0.2, 0.25) is 0 Å². The molecule has 3 nitrogen and oxygen atoms in total. The fraction of sp³-hybridized carbons (Fsp3) is 0.941. The van der Waals surface area contributed by atoms with E-state index < -0.39 is 12.1 Å². The Morgan fingerprint density at radius 2 is 1.25 bits per heavy atom. The lowest BCUT2D eigenvalue weighted by atomic mass is 10.0. The monoisotopic (exact) mass is 286 g/mol. The van der Waals surface area contributed by atoms with Crippen LogP contribution in [-0.4, -0.2) is 22.3 Å². The quantitative estimate of drug-likeness (QED) is 0.420. The number of carboxylic acid groups (broad SMARTS) is 1. The number of unbranched alkanes of at least 4 members (excludes halogenated alkanes) is 10. The van der Waals surface area contributed by atoms with Crippen LogP contribution in [0, 0.1) is 0 Å². The van der Waals surface area contributed by atoms with E-state index in [1.165, 1.54) is 64.2 Å². The number of aliphatic carboxylic acids is 1. The molecule has 0 amide bonds. The standard InChI is InChI=1S/C17H34O3/c1-2-3-4-5-6-7-8-9-10-11-12-13-16(18)14-15-17(19)20/h16,18H,2-15H2,1H3,(H,19,20). The average molecular weight is 286 g/mol. The van der Waals surface area contributed by atoms with Crippen molar-refractivity contribution in [3.63, 3.8) is 0 Å². The van der Waals surface area contributed by atoms with Gasteiger partial charge < -0.3 is 10.2 Å². The number of aliphatic hydroxyl groups excluding tert-OH is 1. The minimum Gasteiger partial charge on any atom is -0.481 e. The first-order valence-corrected chi connectivity index (χ1v) is 8.56. The first kappa shape index (κ1) is 19.4. The summed E-state index contributed by atoms with van der Waals surface area (Å²) in [6.45, 7) is 2.25. The summed E-state index contributed by atoms with van der Waals surface area (Å²) in [6.07, 6.45) is 15.1. The SMILES string of the molecule is CCCCCCCCCCCCCC(O)CCC(=O)O. The van der Waals surface area contributed by atoms with Crippen molar-refractivity contribution in [2.24, 2.45) is 0 Å². The zero-order valence-corrected chi connectivity index (χ0v) is 13.3. The Morgan fingerprint density at radius 1 is 0.800 bits per heavy atom. The van der Waals surface area contributed by atoms with Crippen molar-refractivity contribution in [2.45, 2.75) is 103 Å². The van der Waals surface area contributed by atoms with Crippen molar-refractivity contribution in [1.82, 2.24) is 0 Å². The number of hydrogen-bond acceptors (Lipinski definition) is 2. The fourth-order valence-corrected chi connectivity index (χ4v) is 2.48. The van der Waals surface area contributed by atoms with Crippen LogP contribution in [0.3, 0.4) is 0 Å². The molecule has 2 N–H and O–H groups in total. The van der Waals surface area contributed by atoms with E-state index >= 15 is 0 Å². The third-order valence-electron chi connectivity index (χ3n) is 3.83. The maximum Gasteiger partial charge on any atom is 0.303 e. The molecule has 0 radical (unpaired) electrons. The van der Waals surface area contributed by atoms with Gasteiger partial charge in [-0.15, -0.1) is 0 Å². The van der Waals surface area contributed by atoms with Gasteiger partial charge in [-0.1, -0.05) is 77.6 Å². The maximum absolute atomic E-state index is 10.4. The molecule has 1 unspecified atom stereocenters. The third kappa shape index (κ3) is 15.5. The molecule has 0 aliphatic rings. The molecule has 3 heteroatoms. The van der Waals surface area contributed by atoms with Crippen molar-refractivity contribution in [3.8, 4) is 0 Å². The van der Waals surface area contributed by atoms with Crippen LogP contribution in [0.4, 0.5) is 0 Å². The summed E-state index contributed by atoms with van der Waals surface area (Å²) in [7, 11) is 0. The van der Waals surface area contributed by atoms with Crippen molar-refractivity contribution < 1.29 is 15.0 Å². The predicted molar refractivity (Wildman–Crippen MR) is 84.0 cm³/mol. The van der Waals surface area contributed by atoms with Crippen LogP contribution in [0.25, 0.3) is 0 Å². The van der Waals surface area contributed by atoms with Crippen LogP contribution in [0.15, 0.2) is 0 Å². The smallest absolute Gasteiger partial charge is 0.303 e. The minimum atomic E-state index is -0.817. The Morgan fingerprint density at radius 3 is 1.70 bits per heavy atom. The van der Waals surface area contributed by atoms with Gasteiger partial charge in [0.15, 0.2) is 0 Å². The molecule has 1 atom stereocenters. The Bertz CT molecular complexity index is 216. The molecule has 0 saturated heterocycles. The highest BCUT2D eigenvalue weighted by atomic mass is 16.4. The predicted octanol–water partition coefficient (Wildman–Crippen LogP) is 4.91. The molecule has 0 aliphatic carbocycles. The maximum atomic E-state index is 10.4. The van der Waals surface area contributed by atoms with Crippen molar-refractivity contribution >= 4 is 5.97 Å². The summed E-state index contributed by atoms with van der Waals surface area (Å²) < 4.78 is 0. The second-order valence-electron chi connectivity index (χ2n) is 5.91. The van der Waals surface area contributed by atoms with Crippen molar-refractivity contribution in [3.05, 3.63) is 0 Å². The van der Waals surface area contributed by atoms with E-state index in [0.29, 0.717) is 6.42 Å². The number of carboxylic acids is 1. The Balaban J connectivity index is 3.10. The summed E-state index contributed by atoms with van der Waals surface area (Å²) in [5.74, 6) is -0.817. The zero-order valence-electron chi connectivity index (χ0n) is 13.3. The molecule has 0 aliphatic heterocycles. The molecule has 0 rings (SSSR count). The lowest BCUT2D eigenvalue weighted by molar-refractivity contribution is -0.137. The van der Waals surface area contributed by atoms with E-state index in [-0.39, 0.29) is 6.42 Å². The largest absolute Gasteiger partial charge is 0.481 e. The average Bonchev–Trinajstić information content (AvgIpc) is 2.42. The first-order chi connectivity index (χ1) is 9.66. The highest BCUT2D eigenvalue weighted by molar-refractivity contribution is 5.66. The van der Waals surface area contributed by atoms with E-state index in [1.807, 2.05) is 0 Å². The van der Waals surface area contributed by atoms with Crippen molar-refractivity contribution in [2.75, 3.05) is 0 Å². The summed E-state index contributed by atoms with van der Waals surface area (Å²) in [5.41, 5.74) is 0. The van der Waals surface area contributed by atoms with E-state index in [1.54, 1.807) is 0 Å². The van der Waals surface area contributed by atoms with Crippen LogP contribution in [0.5, 0.6) is 0 Å². The zero-order chi connectivity index (χ0) is 15.1. The van der Waals surface area contributed by atoms with E-state index in [4.69, 9.17) is 5.11 Å². The lowest BCUT2D eigenvalue weighted by Crippen LogP contribution is -2.09. The minimum absolute atomic E-state index is 0.0825. The molecule has 20 heavy (non-hydrogen) atoms. The first-order valence-electron chi connectivity index (χ1n) is 8.56. The summed E-state index contributed by atoms with van der Waals surface area (Å²) in [5, 5.41) is 18.1. The summed E-state index contributed by atoms with van der Waals surface area (Å²) in [4.78, 5) is 10.4. The highest BCUT2D eigenvalue weighted by Crippen LogP contribution is 2.13. The van der Waals surface area contributed by atoms with Crippen molar-refractivity contribution in [1.29, 1.82) is 0 Å². The fourth-order valence-electron chi connectivity index (χ4n) is 2.48. The topological polar surface area (TPSA) is 57.5 Å². The Labute approximate surface area is 124 Å². The number of hydrogen-bond donors (Lipinski definition) is 2. The Hall–Kier alpha value is -0.570. The van der Waals surface area contributed by atoms with Crippen LogP contribution in [0.1, 0.15) is 96.8 Å². The molecule has 0 bridgehead atoms. The summed E-state index contributed by atoms with van der Waals surface area (Å²) >= 11 is 0. The van der Waals surface area contributed by atoms with Gasteiger partial charge in [-0.3, -0.25) is 4.79 Å². The van der Waals surface area contributed by atoms with E-state index in [9.17, 15) is 9.90 Å². The summed E-state index contributed by atoms with van der Waals surface area (Å²) in [6, 6.07) is 0. The van der Waals surface area contributed by atoms with Crippen LogP contribution >= 0.6 is 0 Å².